The lowest BCUT2D eigenvalue weighted by Gasteiger charge is -2.01. The van der Waals surface area contributed by atoms with Crippen LogP contribution in [0.1, 0.15) is 19.4 Å². The summed E-state index contributed by atoms with van der Waals surface area (Å²) in [5.41, 5.74) is 2.64. The van der Waals surface area contributed by atoms with E-state index >= 15 is 0 Å². The van der Waals surface area contributed by atoms with Crippen molar-refractivity contribution in [2.75, 3.05) is 13.1 Å². The van der Waals surface area contributed by atoms with E-state index in [1.165, 1.54) is 11.1 Å². The van der Waals surface area contributed by atoms with E-state index in [-0.39, 0.29) is 0 Å². The van der Waals surface area contributed by atoms with Crippen molar-refractivity contribution in [1.29, 1.82) is 0 Å². The van der Waals surface area contributed by atoms with Crippen LogP contribution >= 0.6 is 0 Å². The van der Waals surface area contributed by atoms with Crippen LogP contribution in [0.25, 0.3) is 6.08 Å². The molecular formula is C12H17N. The van der Waals surface area contributed by atoms with Crippen LogP contribution in [-0.2, 0) is 0 Å². The first-order valence-corrected chi connectivity index (χ1v) is 4.76. The van der Waals surface area contributed by atoms with Crippen LogP contribution in [0.3, 0.4) is 0 Å². The molecule has 0 radical (unpaired) electrons. The molecule has 0 bridgehead atoms. The van der Waals surface area contributed by atoms with Gasteiger partial charge in [0.25, 0.3) is 0 Å². The zero-order chi connectivity index (χ0) is 9.52. The largest absolute Gasteiger partial charge is 0.313 e. The second kappa shape index (κ2) is 5.55. The number of nitrogens with one attached hydrogen (secondary N) is 1. The molecule has 13 heavy (non-hydrogen) atoms. The highest BCUT2D eigenvalue weighted by atomic mass is 14.8. The van der Waals surface area contributed by atoms with E-state index in [2.05, 4.69) is 49.5 Å². The van der Waals surface area contributed by atoms with Gasteiger partial charge in [-0.05, 0) is 19.0 Å². The standard InChI is InChI=1S/C12H17N/c1-3-13-10-11(2)9-12-7-5-4-6-8-12/h4-9,13H,3,10H2,1-2H3/b11-9-. The average Bonchev–Trinajstić information content (AvgIpc) is 2.16. The van der Waals surface area contributed by atoms with Crippen LogP contribution in [0.4, 0.5) is 0 Å². The van der Waals surface area contributed by atoms with Gasteiger partial charge >= 0.3 is 0 Å². The molecule has 1 aromatic carbocycles. The third kappa shape index (κ3) is 3.90. The predicted molar refractivity (Wildman–Crippen MR) is 58.6 cm³/mol. The Morgan fingerprint density at radius 1 is 1.31 bits per heavy atom. The van der Waals surface area contributed by atoms with Gasteiger partial charge in [0.2, 0.25) is 0 Å². The molecule has 1 rings (SSSR count). The molecule has 1 N–H and O–H groups in total. The summed E-state index contributed by atoms with van der Waals surface area (Å²) in [6.45, 7) is 6.27. The van der Waals surface area contributed by atoms with Crippen molar-refractivity contribution in [2.45, 2.75) is 13.8 Å². The Balaban J connectivity index is 2.55. The van der Waals surface area contributed by atoms with E-state index in [4.69, 9.17) is 0 Å². The topological polar surface area (TPSA) is 12.0 Å². The van der Waals surface area contributed by atoms with Gasteiger partial charge in [0, 0.05) is 6.54 Å². The first kappa shape index (κ1) is 10.0. The van der Waals surface area contributed by atoms with Crippen LogP contribution in [0, 0.1) is 0 Å². The molecule has 0 aliphatic carbocycles. The molecule has 0 heterocycles. The summed E-state index contributed by atoms with van der Waals surface area (Å²) in [6, 6.07) is 10.4. The van der Waals surface area contributed by atoms with Crippen LogP contribution in [0.2, 0.25) is 0 Å². The zero-order valence-electron chi connectivity index (χ0n) is 8.38. The smallest absolute Gasteiger partial charge is 0.0165 e. The van der Waals surface area contributed by atoms with Gasteiger partial charge in [-0.1, -0.05) is 48.9 Å². The summed E-state index contributed by atoms with van der Waals surface area (Å²) in [7, 11) is 0. The lowest BCUT2D eigenvalue weighted by Crippen LogP contribution is -2.14. The molecule has 0 fully saturated rings. The fraction of sp³-hybridized carbons (Fsp3) is 0.333. The Labute approximate surface area is 80.5 Å². The number of hydrogen-bond donors (Lipinski definition) is 1. The van der Waals surface area contributed by atoms with Gasteiger partial charge in [-0.2, -0.15) is 0 Å². The molecule has 0 saturated heterocycles. The molecule has 70 valence electrons. The summed E-state index contributed by atoms with van der Waals surface area (Å²) in [5, 5.41) is 3.30. The van der Waals surface area contributed by atoms with Crippen molar-refractivity contribution >= 4 is 6.08 Å². The molecular weight excluding hydrogens is 158 g/mol. The Bertz CT molecular complexity index is 262. The third-order valence-electron chi connectivity index (χ3n) is 1.87. The molecule has 1 nitrogen and oxygen atoms in total. The summed E-state index contributed by atoms with van der Waals surface area (Å²) >= 11 is 0. The van der Waals surface area contributed by atoms with E-state index in [1.807, 2.05) is 6.07 Å². The lowest BCUT2D eigenvalue weighted by atomic mass is 10.1. The van der Waals surface area contributed by atoms with Crippen molar-refractivity contribution in [3.8, 4) is 0 Å². The van der Waals surface area contributed by atoms with E-state index in [9.17, 15) is 0 Å². The molecule has 0 amide bonds. The maximum Gasteiger partial charge on any atom is 0.0165 e. The predicted octanol–water partition coefficient (Wildman–Crippen LogP) is 2.70. The van der Waals surface area contributed by atoms with Crippen molar-refractivity contribution in [2.24, 2.45) is 0 Å². The van der Waals surface area contributed by atoms with E-state index in [0.717, 1.165) is 13.1 Å². The van der Waals surface area contributed by atoms with Gasteiger partial charge < -0.3 is 5.32 Å². The first-order chi connectivity index (χ1) is 6.33. The molecule has 0 unspecified atom stereocenters. The van der Waals surface area contributed by atoms with Gasteiger partial charge in [-0.25, -0.2) is 0 Å². The Morgan fingerprint density at radius 3 is 2.62 bits per heavy atom. The second-order valence-electron chi connectivity index (χ2n) is 3.18. The highest BCUT2D eigenvalue weighted by molar-refractivity contribution is 5.52. The van der Waals surface area contributed by atoms with Gasteiger partial charge in [-0.15, -0.1) is 0 Å². The minimum atomic E-state index is 0.978. The minimum absolute atomic E-state index is 0.978. The van der Waals surface area contributed by atoms with E-state index < -0.39 is 0 Å². The Morgan fingerprint density at radius 2 is 2.00 bits per heavy atom. The number of rotatable bonds is 4. The summed E-state index contributed by atoms with van der Waals surface area (Å²) in [6.07, 6.45) is 2.21. The van der Waals surface area contributed by atoms with E-state index in [1.54, 1.807) is 0 Å². The van der Waals surface area contributed by atoms with E-state index in [0.29, 0.717) is 0 Å². The molecule has 0 atom stereocenters. The zero-order valence-corrected chi connectivity index (χ0v) is 8.38. The normalized spacial score (nSPS) is 11.7. The summed E-state index contributed by atoms with van der Waals surface area (Å²) in [5.74, 6) is 0. The fourth-order valence-electron chi connectivity index (χ4n) is 1.21. The number of likely N-dealkylation sites (N-methyl/N-ethyl adjacent to an activating group) is 1. The van der Waals surface area contributed by atoms with Crippen molar-refractivity contribution in [3.05, 3.63) is 41.5 Å². The van der Waals surface area contributed by atoms with Crippen molar-refractivity contribution < 1.29 is 0 Å². The monoisotopic (exact) mass is 175 g/mol. The van der Waals surface area contributed by atoms with Crippen molar-refractivity contribution in [3.63, 3.8) is 0 Å². The molecule has 1 aromatic rings. The van der Waals surface area contributed by atoms with Crippen LogP contribution in [0.5, 0.6) is 0 Å². The minimum Gasteiger partial charge on any atom is -0.313 e. The average molecular weight is 175 g/mol. The molecule has 0 aromatic heterocycles. The van der Waals surface area contributed by atoms with Gasteiger partial charge in [0.05, 0.1) is 0 Å². The molecule has 0 aliphatic heterocycles. The highest BCUT2D eigenvalue weighted by Crippen LogP contribution is 2.04. The lowest BCUT2D eigenvalue weighted by molar-refractivity contribution is 0.778. The van der Waals surface area contributed by atoms with Crippen molar-refractivity contribution in [1.82, 2.24) is 5.32 Å². The maximum atomic E-state index is 3.30. The van der Waals surface area contributed by atoms with Crippen LogP contribution in [-0.4, -0.2) is 13.1 Å². The molecule has 0 spiro atoms. The first-order valence-electron chi connectivity index (χ1n) is 4.76. The molecule has 0 aliphatic rings. The maximum absolute atomic E-state index is 3.30. The number of benzene rings is 1. The third-order valence-corrected chi connectivity index (χ3v) is 1.87. The SMILES string of the molecule is CCNC/C(C)=C\c1ccccc1. The van der Waals surface area contributed by atoms with Crippen LogP contribution in [0.15, 0.2) is 35.9 Å². The Hall–Kier alpha value is -1.08. The Kier molecular flexibility index (Phi) is 4.27. The van der Waals surface area contributed by atoms with Crippen LogP contribution < -0.4 is 5.32 Å². The fourth-order valence-corrected chi connectivity index (χ4v) is 1.21. The molecule has 0 saturated carbocycles. The number of hydrogen-bond acceptors (Lipinski definition) is 1. The highest BCUT2D eigenvalue weighted by Gasteiger charge is 1.89. The molecule has 1 heteroatoms. The van der Waals surface area contributed by atoms with Gasteiger partial charge in [0.1, 0.15) is 0 Å². The quantitative estimate of drug-likeness (QED) is 0.742. The summed E-state index contributed by atoms with van der Waals surface area (Å²) in [4.78, 5) is 0. The van der Waals surface area contributed by atoms with Gasteiger partial charge in [0.15, 0.2) is 0 Å². The summed E-state index contributed by atoms with van der Waals surface area (Å²) < 4.78 is 0. The second-order valence-corrected chi connectivity index (χ2v) is 3.18. The van der Waals surface area contributed by atoms with Gasteiger partial charge in [-0.3, -0.25) is 0 Å².